The number of esters is 1. The van der Waals surface area contributed by atoms with Crippen molar-refractivity contribution in [2.75, 3.05) is 20.3 Å². The zero-order valence-corrected chi connectivity index (χ0v) is 12.7. The summed E-state index contributed by atoms with van der Waals surface area (Å²) in [6.45, 7) is 1.29. The number of methoxy groups -OCH3 is 1. The highest BCUT2D eigenvalue weighted by Crippen LogP contribution is 2.35. The second-order valence-electron chi connectivity index (χ2n) is 5.75. The summed E-state index contributed by atoms with van der Waals surface area (Å²) >= 11 is 0. The number of hydrogen-bond donors (Lipinski definition) is 1. The maximum Gasteiger partial charge on any atom is 0.305 e. The molecular weight excluding hydrogens is 274 g/mol. The Hall–Kier alpha value is -1.14. The second-order valence-corrected chi connectivity index (χ2v) is 5.75. The molecule has 0 radical (unpaired) electrons. The van der Waals surface area contributed by atoms with Crippen LogP contribution in [0, 0.1) is 0 Å². The number of ether oxygens (including phenoxy) is 3. The number of amides is 1. The fourth-order valence-corrected chi connectivity index (χ4v) is 3.04. The minimum absolute atomic E-state index is 0.0416. The SMILES string of the molecule is COC(=O)CCCCC(=O)N[C@H]1CCCC2(C1)OCCO2. The van der Waals surface area contributed by atoms with Crippen molar-refractivity contribution in [3.63, 3.8) is 0 Å². The number of rotatable bonds is 6. The summed E-state index contributed by atoms with van der Waals surface area (Å²) < 4.78 is 16.0. The highest BCUT2D eigenvalue weighted by Gasteiger charge is 2.41. The zero-order valence-electron chi connectivity index (χ0n) is 12.7. The first-order valence-electron chi connectivity index (χ1n) is 7.78. The van der Waals surface area contributed by atoms with E-state index in [1.807, 2.05) is 0 Å². The maximum atomic E-state index is 11.9. The van der Waals surface area contributed by atoms with E-state index in [0.29, 0.717) is 38.9 Å². The summed E-state index contributed by atoms with van der Waals surface area (Å²) in [6.07, 6.45) is 5.84. The minimum atomic E-state index is -0.457. The molecule has 120 valence electrons. The highest BCUT2D eigenvalue weighted by molar-refractivity contribution is 5.76. The number of nitrogens with one attached hydrogen (secondary N) is 1. The molecule has 1 amide bonds. The third kappa shape index (κ3) is 4.97. The van der Waals surface area contributed by atoms with E-state index in [4.69, 9.17) is 9.47 Å². The lowest BCUT2D eigenvalue weighted by Gasteiger charge is -2.36. The lowest BCUT2D eigenvalue weighted by Crippen LogP contribution is -2.46. The van der Waals surface area contributed by atoms with Gasteiger partial charge in [-0.15, -0.1) is 0 Å². The van der Waals surface area contributed by atoms with E-state index in [9.17, 15) is 9.59 Å². The summed E-state index contributed by atoms with van der Waals surface area (Å²) in [5.41, 5.74) is 0. The molecule has 6 nitrogen and oxygen atoms in total. The summed E-state index contributed by atoms with van der Waals surface area (Å²) in [5, 5.41) is 3.06. The lowest BCUT2D eigenvalue weighted by molar-refractivity contribution is -0.182. The Morgan fingerprint density at radius 3 is 2.67 bits per heavy atom. The van der Waals surface area contributed by atoms with Gasteiger partial charge in [0.25, 0.3) is 0 Å². The van der Waals surface area contributed by atoms with Crippen LogP contribution in [0.4, 0.5) is 0 Å². The molecular formula is C15H25NO5. The van der Waals surface area contributed by atoms with Gasteiger partial charge in [0.15, 0.2) is 5.79 Å². The van der Waals surface area contributed by atoms with Crippen LogP contribution in [0.15, 0.2) is 0 Å². The van der Waals surface area contributed by atoms with E-state index in [0.717, 1.165) is 25.7 Å². The van der Waals surface area contributed by atoms with Gasteiger partial charge in [0.05, 0.1) is 20.3 Å². The van der Waals surface area contributed by atoms with Gasteiger partial charge in [0.2, 0.25) is 5.91 Å². The Bertz CT molecular complexity index is 365. The fourth-order valence-electron chi connectivity index (χ4n) is 3.04. The summed E-state index contributed by atoms with van der Waals surface area (Å²) in [7, 11) is 1.38. The first-order chi connectivity index (χ1) is 10.1. The van der Waals surface area contributed by atoms with Crippen molar-refractivity contribution in [1.29, 1.82) is 0 Å². The molecule has 1 saturated heterocycles. The predicted octanol–water partition coefficient (Wildman–Crippen LogP) is 1.52. The van der Waals surface area contributed by atoms with Gasteiger partial charge in [-0.1, -0.05) is 0 Å². The lowest BCUT2D eigenvalue weighted by atomic mass is 9.89. The standard InChI is InChI=1S/C15H25NO5/c1-19-14(18)7-3-2-6-13(17)16-12-5-4-8-15(11-12)20-9-10-21-15/h12H,2-11H2,1H3,(H,16,17)/t12-/m0/s1. The van der Waals surface area contributed by atoms with Crippen molar-refractivity contribution in [2.24, 2.45) is 0 Å². The van der Waals surface area contributed by atoms with Crippen LogP contribution in [-0.2, 0) is 23.8 Å². The van der Waals surface area contributed by atoms with Gasteiger partial charge in [-0.05, 0) is 25.7 Å². The molecule has 1 aliphatic heterocycles. The molecule has 1 heterocycles. The first-order valence-corrected chi connectivity index (χ1v) is 7.78. The molecule has 2 fully saturated rings. The molecule has 1 spiro atoms. The van der Waals surface area contributed by atoms with Gasteiger partial charge in [-0.2, -0.15) is 0 Å². The molecule has 2 aliphatic rings. The van der Waals surface area contributed by atoms with Crippen LogP contribution < -0.4 is 5.32 Å². The van der Waals surface area contributed by atoms with Crippen LogP contribution in [0.25, 0.3) is 0 Å². The summed E-state index contributed by atoms with van der Waals surface area (Å²) in [4.78, 5) is 22.9. The van der Waals surface area contributed by atoms with Crippen LogP contribution in [-0.4, -0.2) is 44.0 Å². The first kappa shape index (κ1) is 16.2. The molecule has 0 bridgehead atoms. The van der Waals surface area contributed by atoms with Crippen molar-refractivity contribution in [3.05, 3.63) is 0 Å². The molecule has 1 aliphatic carbocycles. The molecule has 1 atom stereocenters. The number of unbranched alkanes of at least 4 members (excludes halogenated alkanes) is 1. The Kier molecular flexibility index (Phi) is 5.99. The third-order valence-electron chi connectivity index (χ3n) is 4.11. The topological polar surface area (TPSA) is 73.9 Å². The molecule has 21 heavy (non-hydrogen) atoms. The quantitative estimate of drug-likeness (QED) is 0.594. The molecule has 2 rings (SSSR count). The number of carbonyl (C=O) groups excluding carboxylic acids is 2. The van der Waals surface area contributed by atoms with Crippen molar-refractivity contribution in [2.45, 2.75) is 63.2 Å². The Morgan fingerprint density at radius 2 is 1.95 bits per heavy atom. The maximum absolute atomic E-state index is 11.9. The Morgan fingerprint density at radius 1 is 1.24 bits per heavy atom. The van der Waals surface area contributed by atoms with E-state index in [1.54, 1.807) is 0 Å². The Balaban J connectivity index is 1.64. The van der Waals surface area contributed by atoms with Crippen molar-refractivity contribution < 1.29 is 23.8 Å². The minimum Gasteiger partial charge on any atom is -0.469 e. The van der Waals surface area contributed by atoms with Crippen molar-refractivity contribution >= 4 is 11.9 Å². The van der Waals surface area contributed by atoms with Crippen molar-refractivity contribution in [3.8, 4) is 0 Å². The average Bonchev–Trinajstić information content (AvgIpc) is 2.91. The van der Waals surface area contributed by atoms with Crippen LogP contribution in [0.2, 0.25) is 0 Å². The normalized spacial score (nSPS) is 24.0. The molecule has 0 aromatic rings. The smallest absolute Gasteiger partial charge is 0.305 e. The van der Waals surface area contributed by atoms with Gasteiger partial charge in [0, 0.05) is 31.7 Å². The van der Waals surface area contributed by atoms with E-state index in [2.05, 4.69) is 10.1 Å². The number of hydrogen-bond acceptors (Lipinski definition) is 5. The number of carbonyl (C=O) groups is 2. The highest BCUT2D eigenvalue weighted by atomic mass is 16.7. The average molecular weight is 299 g/mol. The summed E-state index contributed by atoms with van der Waals surface area (Å²) in [5.74, 6) is -0.638. The molecule has 6 heteroatoms. The van der Waals surface area contributed by atoms with Crippen LogP contribution in [0.1, 0.15) is 51.4 Å². The van der Waals surface area contributed by atoms with E-state index in [-0.39, 0.29) is 17.9 Å². The molecule has 1 saturated carbocycles. The van der Waals surface area contributed by atoms with Crippen LogP contribution in [0.5, 0.6) is 0 Å². The predicted molar refractivity (Wildman–Crippen MR) is 75.5 cm³/mol. The van der Waals surface area contributed by atoms with E-state index >= 15 is 0 Å². The molecule has 0 aromatic heterocycles. The van der Waals surface area contributed by atoms with Gasteiger partial charge in [-0.25, -0.2) is 0 Å². The molecule has 1 N–H and O–H groups in total. The second kappa shape index (κ2) is 7.75. The molecule has 0 unspecified atom stereocenters. The van der Waals surface area contributed by atoms with Gasteiger partial charge in [-0.3, -0.25) is 9.59 Å². The van der Waals surface area contributed by atoms with E-state index < -0.39 is 5.79 Å². The van der Waals surface area contributed by atoms with Gasteiger partial charge < -0.3 is 19.5 Å². The largest absolute Gasteiger partial charge is 0.469 e. The Labute approximate surface area is 125 Å². The molecule has 0 aromatic carbocycles. The van der Waals surface area contributed by atoms with Gasteiger partial charge >= 0.3 is 5.97 Å². The summed E-state index contributed by atoms with van der Waals surface area (Å²) in [6, 6.07) is 0.130. The van der Waals surface area contributed by atoms with Crippen LogP contribution >= 0.6 is 0 Å². The van der Waals surface area contributed by atoms with Crippen molar-refractivity contribution in [1.82, 2.24) is 5.32 Å². The zero-order chi connectivity index (χ0) is 15.1. The third-order valence-corrected chi connectivity index (χ3v) is 4.11. The van der Waals surface area contributed by atoms with Gasteiger partial charge in [0.1, 0.15) is 0 Å². The van der Waals surface area contributed by atoms with E-state index in [1.165, 1.54) is 7.11 Å². The monoisotopic (exact) mass is 299 g/mol. The van der Waals surface area contributed by atoms with Crippen LogP contribution in [0.3, 0.4) is 0 Å². The fraction of sp³-hybridized carbons (Fsp3) is 0.867.